The third kappa shape index (κ3) is 2.48. The fourth-order valence-electron chi connectivity index (χ4n) is 5.64. The molecule has 0 aliphatic carbocycles. The molecule has 156 valence electrons. The van der Waals surface area contributed by atoms with Crippen molar-refractivity contribution in [2.75, 3.05) is 5.32 Å². The third-order valence-corrected chi connectivity index (χ3v) is 7.31. The highest BCUT2D eigenvalue weighted by molar-refractivity contribution is 6.20. The number of hydrogen-bond acceptors (Lipinski definition) is 2. The standard InChI is InChI=1S/C30H21N3/c1-2-8-21-17(5-1)12-14-25-27(21)23-13-11-19(16-26(23)31-25)18-6-3-7-20(15-18)22-9-4-10-24-28(22)32-30-29(24)33-30/h1-16,29-33H/t29?,30-/m1/s1. The van der Waals surface area contributed by atoms with Crippen LogP contribution in [0.25, 0.3) is 54.8 Å². The molecular formula is C30H21N3. The zero-order chi connectivity index (χ0) is 21.5. The van der Waals surface area contributed by atoms with Crippen LogP contribution in [0.2, 0.25) is 0 Å². The summed E-state index contributed by atoms with van der Waals surface area (Å²) in [7, 11) is 0. The van der Waals surface area contributed by atoms with Gasteiger partial charge in [0.2, 0.25) is 0 Å². The molecule has 1 aromatic heterocycles. The number of aromatic amines is 1. The average Bonchev–Trinajstić information content (AvgIpc) is 3.39. The zero-order valence-corrected chi connectivity index (χ0v) is 17.9. The van der Waals surface area contributed by atoms with Crippen LogP contribution in [0, 0.1) is 0 Å². The molecule has 2 atom stereocenters. The topological polar surface area (TPSA) is 49.8 Å². The van der Waals surface area contributed by atoms with Gasteiger partial charge in [-0.15, -0.1) is 0 Å². The van der Waals surface area contributed by atoms with Gasteiger partial charge in [0.05, 0.1) is 12.2 Å². The zero-order valence-electron chi connectivity index (χ0n) is 17.9. The fraction of sp³-hybridized carbons (Fsp3) is 0.0667. The maximum absolute atomic E-state index is 3.65. The second-order valence-corrected chi connectivity index (χ2v) is 9.21. The fourth-order valence-corrected chi connectivity index (χ4v) is 5.64. The van der Waals surface area contributed by atoms with Crippen LogP contribution in [0.1, 0.15) is 11.6 Å². The monoisotopic (exact) mass is 423 g/mol. The summed E-state index contributed by atoms with van der Waals surface area (Å²) < 4.78 is 0. The van der Waals surface area contributed by atoms with Crippen LogP contribution in [0.15, 0.2) is 97.1 Å². The highest BCUT2D eigenvalue weighted by atomic mass is 15.3. The highest BCUT2D eigenvalue weighted by Crippen LogP contribution is 2.47. The predicted octanol–water partition coefficient (Wildman–Crippen LogP) is 7.20. The van der Waals surface area contributed by atoms with Gasteiger partial charge in [-0.05, 0) is 51.2 Å². The lowest BCUT2D eigenvalue weighted by Gasteiger charge is -2.13. The van der Waals surface area contributed by atoms with Crippen molar-refractivity contribution in [2.24, 2.45) is 0 Å². The summed E-state index contributed by atoms with van der Waals surface area (Å²) in [4.78, 5) is 3.65. The number of anilines is 1. The van der Waals surface area contributed by atoms with Crippen LogP contribution < -0.4 is 10.6 Å². The van der Waals surface area contributed by atoms with Gasteiger partial charge in [-0.1, -0.05) is 78.9 Å². The first-order valence-electron chi connectivity index (χ1n) is 11.5. The van der Waals surface area contributed by atoms with E-state index < -0.39 is 0 Å². The maximum atomic E-state index is 3.65. The van der Waals surface area contributed by atoms with Crippen molar-refractivity contribution in [3.63, 3.8) is 0 Å². The van der Waals surface area contributed by atoms with E-state index in [2.05, 4.69) is 113 Å². The Kier molecular flexibility index (Phi) is 3.31. The molecule has 3 heteroatoms. The second kappa shape index (κ2) is 6.25. The van der Waals surface area contributed by atoms with E-state index in [1.54, 1.807) is 0 Å². The molecule has 0 radical (unpaired) electrons. The number of rotatable bonds is 2. The van der Waals surface area contributed by atoms with E-state index in [9.17, 15) is 0 Å². The first kappa shape index (κ1) is 17.5. The van der Waals surface area contributed by atoms with Gasteiger partial charge < -0.3 is 10.3 Å². The maximum Gasteiger partial charge on any atom is 0.0975 e. The summed E-state index contributed by atoms with van der Waals surface area (Å²) in [5.74, 6) is 0. The predicted molar refractivity (Wildman–Crippen MR) is 137 cm³/mol. The van der Waals surface area contributed by atoms with Crippen LogP contribution in [0.3, 0.4) is 0 Å². The van der Waals surface area contributed by atoms with E-state index in [0.717, 1.165) is 0 Å². The average molecular weight is 424 g/mol. The molecular weight excluding hydrogens is 402 g/mol. The molecule has 5 aromatic carbocycles. The van der Waals surface area contributed by atoms with E-state index >= 15 is 0 Å². The Morgan fingerprint density at radius 1 is 0.606 bits per heavy atom. The largest absolute Gasteiger partial charge is 0.367 e. The van der Waals surface area contributed by atoms with Crippen molar-refractivity contribution in [3.05, 3.63) is 103 Å². The van der Waals surface area contributed by atoms with Crippen LogP contribution >= 0.6 is 0 Å². The van der Waals surface area contributed by atoms with Gasteiger partial charge in [-0.25, -0.2) is 0 Å². The molecule has 6 aromatic rings. The quantitative estimate of drug-likeness (QED) is 0.258. The molecule has 0 amide bonds. The Morgan fingerprint density at radius 3 is 2.48 bits per heavy atom. The van der Waals surface area contributed by atoms with Crippen molar-refractivity contribution in [2.45, 2.75) is 12.2 Å². The number of para-hydroxylation sites is 1. The molecule has 2 aliphatic rings. The molecule has 2 aliphatic heterocycles. The van der Waals surface area contributed by atoms with E-state index in [0.29, 0.717) is 12.2 Å². The van der Waals surface area contributed by atoms with Crippen LogP contribution in [0.5, 0.6) is 0 Å². The Bertz CT molecular complexity index is 1740. The van der Waals surface area contributed by atoms with Crippen molar-refractivity contribution in [3.8, 4) is 22.3 Å². The SMILES string of the molecule is c1cc(-c2ccc3c(c2)[nH]c2ccc4ccccc4c23)cc(-c2cccc3c2N[C@@H]2NC32)c1. The van der Waals surface area contributed by atoms with Gasteiger partial charge in [-0.2, -0.15) is 0 Å². The minimum atomic E-state index is 0.407. The lowest BCUT2D eigenvalue weighted by molar-refractivity contribution is 1.08. The van der Waals surface area contributed by atoms with Crippen molar-refractivity contribution >= 4 is 38.3 Å². The van der Waals surface area contributed by atoms with E-state index in [-0.39, 0.29) is 0 Å². The van der Waals surface area contributed by atoms with Crippen molar-refractivity contribution < 1.29 is 0 Å². The van der Waals surface area contributed by atoms with Crippen LogP contribution in [0.4, 0.5) is 5.69 Å². The molecule has 1 fully saturated rings. The van der Waals surface area contributed by atoms with Gasteiger partial charge >= 0.3 is 0 Å². The molecule has 1 unspecified atom stereocenters. The Labute approximate surface area is 191 Å². The number of fused-ring (bicyclic) bond motifs is 8. The summed E-state index contributed by atoms with van der Waals surface area (Å²) in [6.07, 6.45) is 0.407. The number of aromatic nitrogens is 1. The molecule has 0 bridgehead atoms. The molecule has 1 saturated heterocycles. The summed E-state index contributed by atoms with van der Waals surface area (Å²) >= 11 is 0. The second-order valence-electron chi connectivity index (χ2n) is 9.21. The van der Waals surface area contributed by atoms with Crippen LogP contribution in [-0.4, -0.2) is 11.1 Å². The molecule has 3 heterocycles. The summed E-state index contributed by atoms with van der Waals surface area (Å²) in [5.41, 5.74) is 10.0. The normalized spacial score (nSPS) is 18.4. The summed E-state index contributed by atoms with van der Waals surface area (Å²) in [6.45, 7) is 0. The smallest absolute Gasteiger partial charge is 0.0975 e. The molecule has 33 heavy (non-hydrogen) atoms. The van der Waals surface area contributed by atoms with Gasteiger partial charge in [0.1, 0.15) is 0 Å². The van der Waals surface area contributed by atoms with E-state index in [4.69, 9.17) is 0 Å². The summed E-state index contributed by atoms with van der Waals surface area (Å²) in [5, 5.41) is 12.3. The first-order valence-corrected chi connectivity index (χ1v) is 11.5. The number of nitrogens with one attached hydrogen (secondary N) is 3. The number of benzene rings is 5. The van der Waals surface area contributed by atoms with E-state index in [1.165, 1.54) is 66.1 Å². The van der Waals surface area contributed by atoms with Gasteiger partial charge in [0, 0.05) is 33.1 Å². The van der Waals surface area contributed by atoms with Crippen molar-refractivity contribution in [1.29, 1.82) is 0 Å². The first-order chi connectivity index (χ1) is 16.3. The molecule has 0 spiro atoms. The Hall–Kier alpha value is -4.08. The minimum Gasteiger partial charge on any atom is -0.367 e. The van der Waals surface area contributed by atoms with Gasteiger partial charge in [0.15, 0.2) is 0 Å². The summed E-state index contributed by atoms with van der Waals surface area (Å²) in [6, 6.07) is 35.8. The lowest BCUT2D eigenvalue weighted by Crippen LogP contribution is -2.05. The van der Waals surface area contributed by atoms with E-state index in [1.807, 2.05) is 0 Å². The highest BCUT2D eigenvalue weighted by Gasteiger charge is 2.45. The number of H-pyrrole nitrogens is 1. The molecule has 3 nitrogen and oxygen atoms in total. The van der Waals surface area contributed by atoms with Gasteiger partial charge in [0.25, 0.3) is 0 Å². The molecule has 0 saturated carbocycles. The third-order valence-electron chi connectivity index (χ3n) is 7.31. The minimum absolute atomic E-state index is 0.407. The number of hydrogen-bond donors (Lipinski definition) is 3. The van der Waals surface area contributed by atoms with Crippen LogP contribution in [-0.2, 0) is 0 Å². The Morgan fingerprint density at radius 2 is 1.48 bits per heavy atom. The molecule has 3 N–H and O–H groups in total. The van der Waals surface area contributed by atoms with Crippen molar-refractivity contribution in [1.82, 2.24) is 10.3 Å². The lowest BCUT2D eigenvalue weighted by atomic mass is 9.95. The van der Waals surface area contributed by atoms with Gasteiger partial charge in [-0.3, -0.25) is 5.32 Å². The Balaban J connectivity index is 1.27. The molecule has 8 rings (SSSR count).